The third-order valence-electron chi connectivity index (χ3n) is 2.71. The zero-order valence-corrected chi connectivity index (χ0v) is 12.1. The van der Waals surface area contributed by atoms with Gasteiger partial charge in [-0.05, 0) is 35.4 Å². The topological polar surface area (TPSA) is 29.1 Å². The van der Waals surface area contributed by atoms with Crippen LogP contribution in [0.3, 0.4) is 0 Å². The number of halogens is 3. The molecule has 0 bridgehead atoms. The molecule has 0 aliphatic heterocycles. The van der Waals surface area contributed by atoms with Crippen molar-refractivity contribution < 1.29 is 13.6 Å². The highest BCUT2D eigenvalue weighted by molar-refractivity contribution is 9.08. The van der Waals surface area contributed by atoms with Gasteiger partial charge in [0, 0.05) is 11.0 Å². The van der Waals surface area contributed by atoms with E-state index in [9.17, 15) is 13.6 Å². The molecule has 0 fully saturated rings. The van der Waals surface area contributed by atoms with Crippen molar-refractivity contribution in [3.63, 3.8) is 0 Å². The van der Waals surface area contributed by atoms with Crippen LogP contribution in [0.15, 0.2) is 42.5 Å². The molecule has 5 heteroatoms. The van der Waals surface area contributed by atoms with Crippen LogP contribution < -0.4 is 5.32 Å². The Hall–Kier alpha value is -1.75. The molecule has 1 amide bonds. The molecule has 0 atom stereocenters. The normalized spacial score (nSPS) is 10.3. The van der Waals surface area contributed by atoms with E-state index in [2.05, 4.69) is 21.2 Å². The standard InChI is InChI=1S/C15H12BrF2NO/c16-9-11-2-1-3-12(6-11)19-15(20)8-10-4-5-13(17)14(18)7-10/h1-7H,8-9H2,(H,19,20). The maximum atomic E-state index is 13.0. The SMILES string of the molecule is O=C(Cc1ccc(F)c(F)c1)Nc1cccc(CBr)c1. The zero-order chi connectivity index (χ0) is 14.5. The van der Waals surface area contributed by atoms with Gasteiger partial charge in [-0.25, -0.2) is 8.78 Å². The molecular formula is C15H12BrF2NO. The highest BCUT2D eigenvalue weighted by atomic mass is 79.9. The van der Waals surface area contributed by atoms with Crippen LogP contribution in [-0.4, -0.2) is 5.91 Å². The highest BCUT2D eigenvalue weighted by Crippen LogP contribution is 2.14. The highest BCUT2D eigenvalue weighted by Gasteiger charge is 2.07. The fraction of sp³-hybridized carbons (Fsp3) is 0.133. The maximum Gasteiger partial charge on any atom is 0.228 e. The average Bonchev–Trinajstić information content (AvgIpc) is 2.43. The smallest absolute Gasteiger partial charge is 0.228 e. The molecule has 0 saturated heterocycles. The lowest BCUT2D eigenvalue weighted by atomic mass is 10.1. The van der Waals surface area contributed by atoms with E-state index >= 15 is 0 Å². The van der Waals surface area contributed by atoms with Gasteiger partial charge in [-0.2, -0.15) is 0 Å². The van der Waals surface area contributed by atoms with E-state index in [1.807, 2.05) is 18.2 Å². The Labute approximate surface area is 123 Å². The summed E-state index contributed by atoms with van der Waals surface area (Å²) >= 11 is 3.34. The molecule has 0 saturated carbocycles. The van der Waals surface area contributed by atoms with Gasteiger partial charge in [-0.15, -0.1) is 0 Å². The summed E-state index contributed by atoms with van der Waals surface area (Å²) in [5.74, 6) is -2.14. The number of nitrogens with one attached hydrogen (secondary N) is 1. The molecule has 0 spiro atoms. The molecule has 1 N–H and O–H groups in total. The predicted octanol–water partition coefficient (Wildman–Crippen LogP) is 4.04. The van der Waals surface area contributed by atoms with E-state index in [0.717, 1.165) is 17.7 Å². The van der Waals surface area contributed by atoms with E-state index in [-0.39, 0.29) is 12.3 Å². The van der Waals surface area contributed by atoms with Gasteiger partial charge in [0.1, 0.15) is 0 Å². The minimum atomic E-state index is -0.948. The number of carbonyl (C=O) groups excluding carboxylic acids is 1. The average molecular weight is 340 g/mol. The molecule has 2 nitrogen and oxygen atoms in total. The van der Waals surface area contributed by atoms with E-state index in [4.69, 9.17) is 0 Å². The fourth-order valence-electron chi connectivity index (χ4n) is 1.77. The van der Waals surface area contributed by atoms with Crippen LogP contribution in [0.25, 0.3) is 0 Å². The van der Waals surface area contributed by atoms with Crippen molar-refractivity contribution in [1.82, 2.24) is 0 Å². The Bertz CT molecular complexity index is 631. The van der Waals surface area contributed by atoms with Crippen molar-refractivity contribution in [3.8, 4) is 0 Å². The van der Waals surface area contributed by atoms with Gasteiger partial charge in [0.15, 0.2) is 11.6 Å². The van der Waals surface area contributed by atoms with Gasteiger partial charge in [-0.3, -0.25) is 4.79 Å². The van der Waals surface area contributed by atoms with Crippen LogP contribution in [0.1, 0.15) is 11.1 Å². The maximum absolute atomic E-state index is 13.0. The molecule has 0 aliphatic rings. The van der Waals surface area contributed by atoms with Crippen molar-refractivity contribution in [3.05, 3.63) is 65.2 Å². The second-order valence-electron chi connectivity index (χ2n) is 4.31. The third kappa shape index (κ3) is 3.87. The van der Waals surface area contributed by atoms with Crippen LogP contribution in [0.4, 0.5) is 14.5 Å². The molecule has 0 heterocycles. The van der Waals surface area contributed by atoms with Crippen LogP contribution >= 0.6 is 15.9 Å². The molecule has 2 aromatic rings. The van der Waals surface area contributed by atoms with E-state index in [1.165, 1.54) is 6.07 Å². The molecule has 2 rings (SSSR count). The molecule has 0 aliphatic carbocycles. The molecule has 0 radical (unpaired) electrons. The molecular weight excluding hydrogens is 328 g/mol. The summed E-state index contributed by atoms with van der Waals surface area (Å²) in [4.78, 5) is 11.8. The van der Waals surface area contributed by atoms with Crippen molar-refractivity contribution in [2.75, 3.05) is 5.32 Å². The molecule has 2 aromatic carbocycles. The Morgan fingerprint density at radius 1 is 1.05 bits per heavy atom. The second-order valence-corrected chi connectivity index (χ2v) is 4.87. The van der Waals surface area contributed by atoms with Crippen molar-refractivity contribution in [1.29, 1.82) is 0 Å². The number of amides is 1. The molecule has 0 aromatic heterocycles. The van der Waals surface area contributed by atoms with Gasteiger partial charge >= 0.3 is 0 Å². The number of hydrogen-bond acceptors (Lipinski definition) is 1. The summed E-state index contributed by atoms with van der Waals surface area (Å²) in [5.41, 5.74) is 2.14. The Morgan fingerprint density at radius 3 is 2.55 bits per heavy atom. The lowest BCUT2D eigenvalue weighted by Crippen LogP contribution is -2.14. The van der Waals surface area contributed by atoms with Gasteiger partial charge in [-0.1, -0.05) is 34.1 Å². The van der Waals surface area contributed by atoms with Crippen LogP contribution in [0, 0.1) is 11.6 Å². The van der Waals surface area contributed by atoms with Crippen LogP contribution in [0.5, 0.6) is 0 Å². The monoisotopic (exact) mass is 339 g/mol. The van der Waals surface area contributed by atoms with Gasteiger partial charge in [0.2, 0.25) is 5.91 Å². The number of alkyl halides is 1. The lowest BCUT2D eigenvalue weighted by Gasteiger charge is -2.07. The molecule has 104 valence electrons. The summed E-state index contributed by atoms with van der Waals surface area (Å²) in [6.07, 6.45) is -0.00423. The predicted molar refractivity (Wildman–Crippen MR) is 77.8 cm³/mol. The Morgan fingerprint density at radius 2 is 1.85 bits per heavy atom. The molecule has 0 unspecified atom stereocenters. The van der Waals surface area contributed by atoms with Crippen molar-refractivity contribution >= 4 is 27.5 Å². The van der Waals surface area contributed by atoms with Crippen molar-refractivity contribution in [2.24, 2.45) is 0 Å². The summed E-state index contributed by atoms with van der Waals surface area (Å²) in [5, 5.41) is 3.42. The largest absolute Gasteiger partial charge is 0.326 e. The number of rotatable bonds is 4. The fourth-order valence-corrected chi connectivity index (χ4v) is 2.12. The zero-order valence-electron chi connectivity index (χ0n) is 10.5. The van der Waals surface area contributed by atoms with Crippen LogP contribution in [0.2, 0.25) is 0 Å². The minimum absolute atomic E-state index is 0.00423. The van der Waals surface area contributed by atoms with E-state index in [1.54, 1.807) is 6.07 Å². The van der Waals surface area contributed by atoms with Gasteiger partial charge in [0.05, 0.1) is 6.42 Å². The van der Waals surface area contributed by atoms with E-state index < -0.39 is 11.6 Å². The first-order chi connectivity index (χ1) is 9.58. The van der Waals surface area contributed by atoms with Gasteiger partial charge < -0.3 is 5.32 Å². The summed E-state index contributed by atoms with van der Waals surface area (Å²) < 4.78 is 25.8. The summed E-state index contributed by atoms with van der Waals surface area (Å²) in [7, 11) is 0. The molecule has 20 heavy (non-hydrogen) atoms. The quantitative estimate of drug-likeness (QED) is 0.837. The third-order valence-corrected chi connectivity index (χ3v) is 3.36. The first-order valence-corrected chi connectivity index (χ1v) is 7.09. The van der Waals surface area contributed by atoms with Crippen molar-refractivity contribution in [2.45, 2.75) is 11.8 Å². The van der Waals surface area contributed by atoms with Crippen LogP contribution in [-0.2, 0) is 16.5 Å². The minimum Gasteiger partial charge on any atom is -0.326 e. The number of anilines is 1. The Balaban J connectivity index is 2.03. The van der Waals surface area contributed by atoms with E-state index in [0.29, 0.717) is 16.6 Å². The number of carbonyl (C=O) groups is 1. The summed E-state index contributed by atoms with van der Waals surface area (Å²) in [6, 6.07) is 10.8. The lowest BCUT2D eigenvalue weighted by molar-refractivity contribution is -0.115. The second kappa shape index (κ2) is 6.61. The van der Waals surface area contributed by atoms with Gasteiger partial charge in [0.25, 0.3) is 0 Å². The number of hydrogen-bond donors (Lipinski definition) is 1. The first kappa shape index (κ1) is 14.7. The first-order valence-electron chi connectivity index (χ1n) is 5.97. The summed E-state index contributed by atoms with van der Waals surface area (Å²) in [6.45, 7) is 0. The number of benzene rings is 2. The Kier molecular flexibility index (Phi) is 4.84.